The second-order valence-corrected chi connectivity index (χ2v) is 5.68. The number of likely N-dealkylation sites (N-methyl/N-ethyl adjacent to an activating group) is 1. The predicted octanol–water partition coefficient (Wildman–Crippen LogP) is 2.56. The van der Waals surface area contributed by atoms with E-state index in [1.807, 2.05) is 42.2 Å². The van der Waals surface area contributed by atoms with Crippen LogP contribution in [0.15, 0.2) is 41.2 Å². The molecule has 134 valence electrons. The monoisotopic (exact) mass is 363 g/mol. The Labute approximate surface area is 152 Å². The van der Waals surface area contributed by atoms with Gasteiger partial charge in [0.25, 0.3) is 5.89 Å². The van der Waals surface area contributed by atoms with Crippen LogP contribution in [0.2, 0.25) is 0 Å². The van der Waals surface area contributed by atoms with Crippen LogP contribution in [0.5, 0.6) is 5.75 Å². The average Bonchev–Trinajstić information content (AvgIpc) is 3.25. The highest BCUT2D eigenvalue weighted by atomic mass is 35.5. The van der Waals surface area contributed by atoms with Gasteiger partial charge in [-0.15, -0.1) is 12.4 Å². The Kier molecular flexibility index (Phi) is 6.55. The van der Waals surface area contributed by atoms with Crippen molar-refractivity contribution in [3.63, 3.8) is 0 Å². The number of rotatable bonds is 7. The number of hydrogen-bond acceptors (Lipinski definition) is 6. The summed E-state index contributed by atoms with van der Waals surface area (Å²) in [5, 5.41) is 11.5. The Hall–Kier alpha value is -2.38. The quantitative estimate of drug-likeness (QED) is 0.695. The van der Waals surface area contributed by atoms with Crippen LogP contribution >= 0.6 is 12.4 Å². The number of methoxy groups -OCH3 is 1. The van der Waals surface area contributed by atoms with Gasteiger partial charge < -0.3 is 14.6 Å². The van der Waals surface area contributed by atoms with Crippen LogP contribution in [0, 0.1) is 0 Å². The van der Waals surface area contributed by atoms with Gasteiger partial charge in [-0.2, -0.15) is 10.1 Å². The van der Waals surface area contributed by atoms with Crippen molar-refractivity contribution in [2.45, 2.75) is 25.9 Å². The Balaban J connectivity index is 0.00000225. The Morgan fingerprint density at radius 1 is 1.28 bits per heavy atom. The zero-order valence-electron chi connectivity index (χ0n) is 14.5. The molecule has 0 saturated carbocycles. The van der Waals surface area contributed by atoms with E-state index in [2.05, 4.69) is 27.5 Å². The van der Waals surface area contributed by atoms with Crippen LogP contribution in [0.4, 0.5) is 0 Å². The Bertz CT molecular complexity index is 784. The topological polar surface area (TPSA) is 78.0 Å². The number of nitrogens with one attached hydrogen (secondary N) is 1. The molecule has 0 fully saturated rings. The highest BCUT2D eigenvalue weighted by molar-refractivity contribution is 5.85. The van der Waals surface area contributed by atoms with Gasteiger partial charge in [0.2, 0.25) is 0 Å². The summed E-state index contributed by atoms with van der Waals surface area (Å²) in [5.74, 6) is 2.03. The first-order chi connectivity index (χ1) is 11.7. The van der Waals surface area contributed by atoms with E-state index in [4.69, 9.17) is 9.26 Å². The average molecular weight is 364 g/mol. The summed E-state index contributed by atoms with van der Waals surface area (Å²) in [4.78, 5) is 4.42. The summed E-state index contributed by atoms with van der Waals surface area (Å²) in [7, 11) is 3.57. The fourth-order valence-corrected chi connectivity index (χ4v) is 2.31. The lowest BCUT2D eigenvalue weighted by Gasteiger charge is -2.04. The highest BCUT2D eigenvalue weighted by Crippen LogP contribution is 2.18. The molecule has 0 amide bonds. The number of aromatic nitrogens is 4. The van der Waals surface area contributed by atoms with Crippen LogP contribution < -0.4 is 10.1 Å². The van der Waals surface area contributed by atoms with E-state index in [0.29, 0.717) is 24.3 Å². The molecule has 0 aliphatic rings. The van der Waals surface area contributed by atoms with Crippen molar-refractivity contribution in [1.82, 2.24) is 25.2 Å². The minimum Gasteiger partial charge on any atom is -0.497 e. The molecule has 1 atom stereocenters. The predicted molar refractivity (Wildman–Crippen MR) is 97.1 cm³/mol. The maximum Gasteiger partial charge on any atom is 0.261 e. The normalized spacial score (nSPS) is 11.8. The summed E-state index contributed by atoms with van der Waals surface area (Å²) >= 11 is 0. The molecule has 25 heavy (non-hydrogen) atoms. The molecule has 7 nitrogen and oxygen atoms in total. The van der Waals surface area contributed by atoms with Crippen molar-refractivity contribution in [2.24, 2.45) is 0 Å². The number of halogens is 1. The van der Waals surface area contributed by atoms with Crippen molar-refractivity contribution >= 4 is 12.4 Å². The second-order valence-electron chi connectivity index (χ2n) is 5.68. The summed E-state index contributed by atoms with van der Waals surface area (Å²) in [6.45, 7) is 2.74. The van der Waals surface area contributed by atoms with Crippen molar-refractivity contribution < 1.29 is 9.26 Å². The SMILES string of the molecule is CNC(C)Cc1noc(-c2cnn(Cc3ccc(OC)cc3)c2)n1.Cl. The van der Waals surface area contributed by atoms with Gasteiger partial charge in [0.15, 0.2) is 5.82 Å². The van der Waals surface area contributed by atoms with Crippen LogP contribution in [-0.4, -0.2) is 40.1 Å². The molecule has 0 aliphatic heterocycles. The van der Waals surface area contributed by atoms with Gasteiger partial charge in [0.1, 0.15) is 5.75 Å². The fraction of sp³-hybridized carbons (Fsp3) is 0.353. The third-order valence-electron chi connectivity index (χ3n) is 3.83. The molecule has 0 spiro atoms. The molecule has 0 aliphatic carbocycles. The zero-order chi connectivity index (χ0) is 16.9. The summed E-state index contributed by atoms with van der Waals surface area (Å²) < 4.78 is 12.3. The van der Waals surface area contributed by atoms with Gasteiger partial charge in [-0.05, 0) is 31.7 Å². The Morgan fingerprint density at radius 2 is 2.04 bits per heavy atom. The minimum atomic E-state index is 0. The van der Waals surface area contributed by atoms with Crippen LogP contribution in [0.1, 0.15) is 18.3 Å². The Morgan fingerprint density at radius 3 is 2.72 bits per heavy atom. The van der Waals surface area contributed by atoms with Crippen LogP contribution in [0.25, 0.3) is 11.5 Å². The molecule has 8 heteroatoms. The summed E-state index contributed by atoms with van der Waals surface area (Å²) in [6.07, 6.45) is 4.37. The first-order valence-electron chi connectivity index (χ1n) is 7.83. The molecule has 1 N–H and O–H groups in total. The summed E-state index contributed by atoms with van der Waals surface area (Å²) in [6, 6.07) is 8.21. The van der Waals surface area contributed by atoms with E-state index in [1.54, 1.807) is 13.3 Å². The molecular formula is C17H22ClN5O2. The van der Waals surface area contributed by atoms with E-state index in [0.717, 1.165) is 23.3 Å². The first kappa shape index (κ1) is 19.0. The van der Waals surface area contributed by atoms with E-state index in [-0.39, 0.29) is 12.4 Å². The van der Waals surface area contributed by atoms with Crippen LogP contribution in [0.3, 0.4) is 0 Å². The third-order valence-corrected chi connectivity index (χ3v) is 3.83. The molecule has 1 aromatic carbocycles. The minimum absolute atomic E-state index is 0. The fourth-order valence-electron chi connectivity index (χ4n) is 2.31. The van der Waals surface area contributed by atoms with Gasteiger partial charge in [-0.25, -0.2) is 0 Å². The molecule has 1 unspecified atom stereocenters. The van der Waals surface area contributed by atoms with E-state index < -0.39 is 0 Å². The molecule has 3 rings (SSSR count). The second kappa shape index (κ2) is 8.64. The first-order valence-corrected chi connectivity index (χ1v) is 7.83. The van der Waals surface area contributed by atoms with Crippen molar-refractivity contribution in [2.75, 3.05) is 14.2 Å². The zero-order valence-corrected chi connectivity index (χ0v) is 15.3. The van der Waals surface area contributed by atoms with Crippen molar-refractivity contribution in [3.8, 4) is 17.2 Å². The standard InChI is InChI=1S/C17H21N5O2.ClH/c1-12(18-2)8-16-20-17(24-21-16)14-9-19-22(11-14)10-13-4-6-15(23-3)7-5-13;/h4-7,9,11-12,18H,8,10H2,1-3H3;1H. The van der Waals surface area contributed by atoms with E-state index >= 15 is 0 Å². The van der Waals surface area contributed by atoms with Gasteiger partial charge in [-0.1, -0.05) is 17.3 Å². The molecule has 2 aromatic heterocycles. The van der Waals surface area contributed by atoms with Gasteiger partial charge in [-0.3, -0.25) is 4.68 Å². The van der Waals surface area contributed by atoms with Crippen molar-refractivity contribution in [3.05, 3.63) is 48.0 Å². The van der Waals surface area contributed by atoms with Gasteiger partial charge in [0, 0.05) is 18.7 Å². The van der Waals surface area contributed by atoms with Crippen LogP contribution in [-0.2, 0) is 13.0 Å². The molecule has 0 bridgehead atoms. The molecule has 3 aromatic rings. The maximum absolute atomic E-state index is 5.33. The lowest BCUT2D eigenvalue weighted by Crippen LogP contribution is -2.24. The number of ether oxygens (including phenoxy) is 1. The number of nitrogens with zero attached hydrogens (tertiary/aromatic N) is 4. The molecule has 2 heterocycles. The van der Waals surface area contributed by atoms with E-state index in [9.17, 15) is 0 Å². The number of benzene rings is 1. The van der Waals surface area contributed by atoms with E-state index in [1.165, 1.54) is 0 Å². The largest absolute Gasteiger partial charge is 0.497 e. The number of hydrogen-bond donors (Lipinski definition) is 1. The van der Waals surface area contributed by atoms with Gasteiger partial charge >= 0.3 is 0 Å². The molecular weight excluding hydrogens is 342 g/mol. The van der Waals surface area contributed by atoms with Gasteiger partial charge in [0.05, 0.1) is 25.4 Å². The lowest BCUT2D eigenvalue weighted by molar-refractivity contribution is 0.414. The highest BCUT2D eigenvalue weighted by Gasteiger charge is 2.13. The molecule has 0 saturated heterocycles. The summed E-state index contributed by atoms with van der Waals surface area (Å²) in [5.41, 5.74) is 1.96. The smallest absolute Gasteiger partial charge is 0.261 e. The maximum atomic E-state index is 5.33. The lowest BCUT2D eigenvalue weighted by atomic mass is 10.2. The third kappa shape index (κ3) is 4.80. The van der Waals surface area contributed by atoms with Crippen molar-refractivity contribution in [1.29, 1.82) is 0 Å². The molecule has 0 radical (unpaired) electrons.